The molecular formula is C17H15BrF3N5. The average Bonchev–Trinajstić information content (AvgIpc) is 2.54. The summed E-state index contributed by atoms with van der Waals surface area (Å²) in [5.74, 6) is 1.04. The van der Waals surface area contributed by atoms with Crippen LogP contribution in [0.15, 0.2) is 35.1 Å². The van der Waals surface area contributed by atoms with Crippen molar-refractivity contribution >= 4 is 38.3 Å². The summed E-state index contributed by atoms with van der Waals surface area (Å²) in [6.07, 6.45) is -2.86. The van der Waals surface area contributed by atoms with Gasteiger partial charge in [-0.1, -0.05) is 0 Å². The second-order valence-corrected chi connectivity index (χ2v) is 6.71. The van der Waals surface area contributed by atoms with Gasteiger partial charge in [0, 0.05) is 11.1 Å². The van der Waals surface area contributed by atoms with Gasteiger partial charge in [0.25, 0.3) is 0 Å². The molecule has 0 aliphatic rings. The van der Waals surface area contributed by atoms with Crippen LogP contribution in [0.2, 0.25) is 0 Å². The molecule has 1 atom stereocenters. The van der Waals surface area contributed by atoms with E-state index in [2.05, 4.69) is 36.2 Å². The van der Waals surface area contributed by atoms with Crippen LogP contribution in [0.4, 0.5) is 24.7 Å². The van der Waals surface area contributed by atoms with E-state index in [-0.39, 0.29) is 5.69 Å². The molecule has 26 heavy (non-hydrogen) atoms. The van der Waals surface area contributed by atoms with Crippen molar-refractivity contribution in [2.75, 3.05) is 11.1 Å². The van der Waals surface area contributed by atoms with Crippen molar-refractivity contribution in [3.63, 3.8) is 0 Å². The molecule has 0 radical (unpaired) electrons. The highest BCUT2D eigenvalue weighted by Gasteiger charge is 2.31. The van der Waals surface area contributed by atoms with Gasteiger partial charge in [0.05, 0.1) is 23.3 Å². The van der Waals surface area contributed by atoms with Gasteiger partial charge in [-0.05, 0) is 59.6 Å². The number of nitrogens with one attached hydrogen (secondary N) is 1. The minimum atomic E-state index is -4.46. The number of hydrogen-bond donors (Lipinski definition) is 2. The highest BCUT2D eigenvalue weighted by molar-refractivity contribution is 9.10. The summed E-state index contributed by atoms with van der Waals surface area (Å²) in [6, 6.07) is 4.82. The van der Waals surface area contributed by atoms with Gasteiger partial charge in [0.15, 0.2) is 0 Å². The van der Waals surface area contributed by atoms with Crippen LogP contribution >= 0.6 is 15.9 Å². The first kappa shape index (κ1) is 18.4. The number of aryl methyl sites for hydroxylation is 1. The summed E-state index contributed by atoms with van der Waals surface area (Å²) in [6.45, 7) is 3.48. The fourth-order valence-electron chi connectivity index (χ4n) is 2.61. The van der Waals surface area contributed by atoms with Crippen LogP contribution in [-0.2, 0) is 6.18 Å². The van der Waals surface area contributed by atoms with Gasteiger partial charge >= 0.3 is 6.18 Å². The van der Waals surface area contributed by atoms with Crippen LogP contribution in [0, 0.1) is 6.92 Å². The number of nitrogen functional groups attached to an aromatic ring is 1. The van der Waals surface area contributed by atoms with Gasteiger partial charge in [0.2, 0.25) is 0 Å². The topological polar surface area (TPSA) is 76.7 Å². The monoisotopic (exact) mass is 425 g/mol. The normalized spacial score (nSPS) is 13.0. The highest BCUT2D eigenvalue weighted by Crippen LogP contribution is 2.34. The maximum absolute atomic E-state index is 13.0. The van der Waals surface area contributed by atoms with Crippen molar-refractivity contribution in [2.45, 2.75) is 26.1 Å². The van der Waals surface area contributed by atoms with Crippen LogP contribution in [0.3, 0.4) is 0 Å². The molecule has 0 saturated heterocycles. The number of alkyl halides is 3. The summed E-state index contributed by atoms with van der Waals surface area (Å²) in [7, 11) is 0. The van der Waals surface area contributed by atoms with Crippen LogP contribution in [0.1, 0.15) is 29.9 Å². The Bertz CT molecular complexity index is 975. The molecule has 1 aromatic carbocycles. The standard InChI is InChI=1S/C17H15BrF3N5/c1-8(10-3-11(17(19,20)21)5-12(22)4-10)24-16-13-6-15(18)23-7-14(13)25-9(2)26-16/h3-8H,22H2,1-2H3,(H,24,25,26). The van der Waals surface area contributed by atoms with Gasteiger partial charge < -0.3 is 11.1 Å². The largest absolute Gasteiger partial charge is 0.416 e. The van der Waals surface area contributed by atoms with Gasteiger partial charge in [-0.3, -0.25) is 0 Å². The van der Waals surface area contributed by atoms with E-state index >= 15 is 0 Å². The summed E-state index contributed by atoms with van der Waals surface area (Å²) in [4.78, 5) is 12.8. The lowest BCUT2D eigenvalue weighted by Gasteiger charge is -2.19. The summed E-state index contributed by atoms with van der Waals surface area (Å²) >= 11 is 3.30. The van der Waals surface area contributed by atoms with Crippen molar-refractivity contribution in [1.29, 1.82) is 0 Å². The molecule has 0 spiro atoms. The Balaban J connectivity index is 2.01. The van der Waals surface area contributed by atoms with E-state index < -0.39 is 17.8 Å². The van der Waals surface area contributed by atoms with E-state index in [0.717, 1.165) is 12.1 Å². The molecule has 136 valence electrons. The second-order valence-electron chi connectivity index (χ2n) is 5.90. The maximum atomic E-state index is 13.0. The third-order valence-corrected chi connectivity index (χ3v) is 4.25. The maximum Gasteiger partial charge on any atom is 0.416 e. The van der Waals surface area contributed by atoms with E-state index in [1.165, 1.54) is 6.07 Å². The number of fused-ring (bicyclic) bond motifs is 1. The van der Waals surface area contributed by atoms with E-state index in [9.17, 15) is 13.2 Å². The smallest absolute Gasteiger partial charge is 0.399 e. The number of rotatable bonds is 3. The van der Waals surface area contributed by atoms with E-state index in [1.54, 1.807) is 26.1 Å². The lowest BCUT2D eigenvalue weighted by atomic mass is 10.0. The lowest BCUT2D eigenvalue weighted by molar-refractivity contribution is -0.137. The number of benzene rings is 1. The van der Waals surface area contributed by atoms with Crippen LogP contribution in [0.5, 0.6) is 0 Å². The zero-order chi connectivity index (χ0) is 19.1. The Morgan fingerprint density at radius 2 is 1.88 bits per heavy atom. The molecule has 2 aromatic heterocycles. The van der Waals surface area contributed by atoms with Gasteiger partial charge in [-0.2, -0.15) is 13.2 Å². The Kier molecular flexibility index (Phi) is 4.74. The van der Waals surface area contributed by atoms with E-state index in [4.69, 9.17) is 5.73 Å². The molecular weight excluding hydrogens is 411 g/mol. The van der Waals surface area contributed by atoms with E-state index in [1.807, 2.05) is 0 Å². The molecule has 3 N–H and O–H groups in total. The number of pyridine rings is 1. The highest BCUT2D eigenvalue weighted by atomic mass is 79.9. The predicted molar refractivity (Wildman–Crippen MR) is 97.7 cm³/mol. The minimum Gasteiger partial charge on any atom is -0.399 e. The molecule has 0 amide bonds. The third kappa shape index (κ3) is 3.87. The molecule has 5 nitrogen and oxygen atoms in total. The zero-order valence-electron chi connectivity index (χ0n) is 13.9. The number of halogens is 4. The Morgan fingerprint density at radius 1 is 1.15 bits per heavy atom. The van der Waals surface area contributed by atoms with Crippen molar-refractivity contribution in [3.05, 3.63) is 52.0 Å². The fraction of sp³-hybridized carbons (Fsp3) is 0.235. The van der Waals surface area contributed by atoms with Gasteiger partial charge in [-0.25, -0.2) is 15.0 Å². The van der Waals surface area contributed by atoms with Crippen molar-refractivity contribution in [2.24, 2.45) is 0 Å². The minimum absolute atomic E-state index is 0.0548. The molecule has 0 aliphatic heterocycles. The Labute approximate surface area is 156 Å². The molecule has 3 aromatic rings. The van der Waals surface area contributed by atoms with E-state index in [0.29, 0.717) is 32.7 Å². The molecule has 0 aliphatic carbocycles. The first-order chi connectivity index (χ1) is 12.1. The molecule has 0 saturated carbocycles. The molecule has 2 heterocycles. The average molecular weight is 426 g/mol. The molecule has 1 unspecified atom stereocenters. The lowest BCUT2D eigenvalue weighted by Crippen LogP contribution is -2.12. The van der Waals surface area contributed by atoms with Gasteiger partial charge in [-0.15, -0.1) is 0 Å². The Hall–Kier alpha value is -2.42. The fourth-order valence-corrected chi connectivity index (χ4v) is 2.94. The van der Waals surface area contributed by atoms with Crippen molar-refractivity contribution in [1.82, 2.24) is 15.0 Å². The van der Waals surface area contributed by atoms with Crippen LogP contribution in [-0.4, -0.2) is 15.0 Å². The summed E-state index contributed by atoms with van der Waals surface area (Å²) in [5.41, 5.74) is 5.98. The second kappa shape index (κ2) is 6.71. The summed E-state index contributed by atoms with van der Waals surface area (Å²) < 4.78 is 39.7. The Morgan fingerprint density at radius 3 is 2.58 bits per heavy atom. The summed E-state index contributed by atoms with van der Waals surface area (Å²) in [5, 5.41) is 3.86. The van der Waals surface area contributed by atoms with Gasteiger partial charge in [0.1, 0.15) is 16.2 Å². The molecule has 9 heteroatoms. The quantitative estimate of drug-likeness (QED) is 0.462. The molecule has 3 rings (SSSR count). The predicted octanol–water partition coefficient (Wildman–Crippen LogP) is 4.87. The van der Waals surface area contributed by atoms with Crippen molar-refractivity contribution < 1.29 is 13.2 Å². The third-order valence-electron chi connectivity index (χ3n) is 3.82. The SMILES string of the molecule is Cc1nc(NC(C)c2cc(N)cc(C(F)(F)F)c2)c2cc(Br)ncc2n1. The zero-order valence-corrected chi connectivity index (χ0v) is 15.5. The molecule has 0 fully saturated rings. The first-order valence-corrected chi connectivity index (χ1v) is 8.47. The molecule has 0 bridgehead atoms. The van der Waals surface area contributed by atoms with Crippen molar-refractivity contribution in [3.8, 4) is 0 Å². The number of nitrogens with zero attached hydrogens (tertiary/aromatic N) is 3. The number of nitrogens with two attached hydrogens (primary N) is 1. The van der Waals surface area contributed by atoms with Crippen LogP contribution in [0.25, 0.3) is 10.9 Å². The number of aromatic nitrogens is 3. The first-order valence-electron chi connectivity index (χ1n) is 7.67. The number of hydrogen-bond acceptors (Lipinski definition) is 5. The number of anilines is 2. The van der Waals surface area contributed by atoms with Crippen LogP contribution < -0.4 is 11.1 Å².